The van der Waals surface area contributed by atoms with E-state index >= 15 is 0 Å². The number of hydrogen-bond acceptors (Lipinski definition) is 7. The molecule has 3 rings (SSSR count). The molecule has 1 atom stereocenters. The number of nitrogens with zero attached hydrogens (tertiary/aromatic N) is 2. The number of rotatable bonds is 4. The van der Waals surface area contributed by atoms with Crippen molar-refractivity contribution >= 4 is 29.2 Å². The molecule has 0 spiro atoms. The monoisotopic (exact) mass is 491 g/mol. The number of alkyl halides is 3. The summed E-state index contributed by atoms with van der Waals surface area (Å²) in [6.45, 7) is 0. The number of halogens is 4. The van der Waals surface area contributed by atoms with Crippen molar-refractivity contribution in [3.05, 3.63) is 87.3 Å². The van der Waals surface area contributed by atoms with Crippen LogP contribution in [0.2, 0.25) is 5.02 Å². The molecule has 2 N–H and O–H groups in total. The van der Waals surface area contributed by atoms with E-state index in [1.807, 2.05) is 6.07 Å². The molecule has 0 fully saturated rings. The number of benzene rings is 2. The van der Waals surface area contributed by atoms with Crippen LogP contribution in [-0.2, 0) is 25.2 Å². The van der Waals surface area contributed by atoms with Crippen molar-refractivity contribution in [2.24, 2.45) is 5.73 Å². The van der Waals surface area contributed by atoms with Gasteiger partial charge in [-0.25, -0.2) is 9.59 Å². The summed E-state index contributed by atoms with van der Waals surface area (Å²) < 4.78 is 51.4. The van der Waals surface area contributed by atoms with Crippen LogP contribution < -0.4 is 10.6 Å². The molecule has 34 heavy (non-hydrogen) atoms. The fourth-order valence-corrected chi connectivity index (χ4v) is 3.87. The van der Waals surface area contributed by atoms with E-state index in [0.717, 1.165) is 26.4 Å². The molecule has 1 heterocycles. The Morgan fingerprint density at radius 1 is 1.09 bits per heavy atom. The Kier molecular flexibility index (Phi) is 6.88. The summed E-state index contributed by atoms with van der Waals surface area (Å²) in [7, 11) is 2.03. The summed E-state index contributed by atoms with van der Waals surface area (Å²) in [5.74, 6) is -3.91. The van der Waals surface area contributed by atoms with Crippen LogP contribution in [0.3, 0.4) is 0 Å². The molecule has 0 amide bonds. The summed E-state index contributed by atoms with van der Waals surface area (Å²) in [6, 6.07) is 12.7. The van der Waals surface area contributed by atoms with Crippen LogP contribution >= 0.6 is 11.6 Å². The minimum Gasteiger partial charge on any atom is -0.466 e. The average Bonchev–Trinajstić information content (AvgIpc) is 2.82. The number of methoxy groups -OCH3 is 2. The first-order valence-corrected chi connectivity index (χ1v) is 9.96. The van der Waals surface area contributed by atoms with E-state index in [9.17, 15) is 28.0 Å². The van der Waals surface area contributed by atoms with Crippen molar-refractivity contribution in [1.29, 1.82) is 5.26 Å². The maximum Gasteiger partial charge on any atom is 0.418 e. The van der Waals surface area contributed by atoms with E-state index in [0.29, 0.717) is 16.5 Å². The van der Waals surface area contributed by atoms with Crippen molar-refractivity contribution in [2.45, 2.75) is 12.1 Å². The van der Waals surface area contributed by atoms with Crippen molar-refractivity contribution in [3.8, 4) is 6.07 Å². The summed E-state index contributed by atoms with van der Waals surface area (Å²) >= 11 is 5.79. The fraction of sp³-hybridized carbons (Fsp3) is 0.174. The van der Waals surface area contributed by atoms with Gasteiger partial charge in [0, 0.05) is 5.02 Å². The van der Waals surface area contributed by atoms with Gasteiger partial charge < -0.3 is 15.2 Å². The molecule has 1 unspecified atom stereocenters. The zero-order valence-electron chi connectivity index (χ0n) is 17.8. The van der Waals surface area contributed by atoms with Gasteiger partial charge in [0.05, 0.1) is 48.6 Å². The third-order valence-corrected chi connectivity index (χ3v) is 5.35. The lowest BCUT2D eigenvalue weighted by atomic mass is 9.80. The topological polar surface area (TPSA) is 106 Å². The van der Waals surface area contributed by atoms with E-state index in [4.69, 9.17) is 26.8 Å². The number of nitriles is 1. The predicted octanol–water partition coefficient (Wildman–Crippen LogP) is 4.26. The molecule has 0 saturated heterocycles. The van der Waals surface area contributed by atoms with Gasteiger partial charge in [-0.1, -0.05) is 41.9 Å². The smallest absolute Gasteiger partial charge is 0.418 e. The highest BCUT2D eigenvalue weighted by atomic mass is 35.5. The third-order valence-electron chi connectivity index (χ3n) is 5.12. The van der Waals surface area contributed by atoms with Crippen LogP contribution in [-0.4, -0.2) is 26.2 Å². The molecule has 2 aromatic rings. The highest BCUT2D eigenvalue weighted by Crippen LogP contribution is 2.46. The largest absolute Gasteiger partial charge is 0.466 e. The van der Waals surface area contributed by atoms with Gasteiger partial charge in [0.2, 0.25) is 0 Å². The van der Waals surface area contributed by atoms with Gasteiger partial charge in [0.25, 0.3) is 0 Å². The van der Waals surface area contributed by atoms with E-state index in [-0.39, 0.29) is 10.6 Å². The second-order valence-corrected chi connectivity index (χ2v) is 7.43. The Morgan fingerprint density at radius 3 is 2.24 bits per heavy atom. The maximum absolute atomic E-state index is 13.9. The van der Waals surface area contributed by atoms with Gasteiger partial charge in [0.15, 0.2) is 0 Å². The Morgan fingerprint density at radius 2 is 1.71 bits per heavy atom. The highest BCUT2D eigenvalue weighted by Gasteiger charge is 2.45. The van der Waals surface area contributed by atoms with E-state index in [1.165, 1.54) is 0 Å². The first-order valence-electron chi connectivity index (χ1n) is 9.59. The lowest BCUT2D eigenvalue weighted by Crippen LogP contribution is -2.41. The van der Waals surface area contributed by atoms with E-state index in [1.54, 1.807) is 30.3 Å². The number of allylic oxidation sites excluding steroid dienone is 1. The molecule has 176 valence electrons. The minimum atomic E-state index is -4.92. The molecule has 1 aliphatic rings. The Bertz CT molecular complexity index is 1250. The lowest BCUT2D eigenvalue weighted by Gasteiger charge is -2.36. The van der Waals surface area contributed by atoms with Crippen molar-refractivity contribution in [2.75, 3.05) is 19.1 Å². The molecule has 0 radical (unpaired) electrons. The van der Waals surface area contributed by atoms with Crippen LogP contribution in [0.15, 0.2) is 71.2 Å². The fourth-order valence-electron chi connectivity index (χ4n) is 3.69. The van der Waals surface area contributed by atoms with Crippen LogP contribution in [0.1, 0.15) is 17.0 Å². The number of carbonyl (C=O) groups excluding carboxylic acids is 2. The van der Waals surface area contributed by atoms with Gasteiger partial charge in [-0.15, -0.1) is 0 Å². The van der Waals surface area contributed by atoms with E-state index in [2.05, 4.69) is 0 Å². The molecule has 0 aliphatic carbocycles. The Balaban J connectivity index is 2.49. The average molecular weight is 492 g/mol. The number of ether oxygens (including phenoxy) is 2. The highest BCUT2D eigenvalue weighted by molar-refractivity contribution is 6.30. The van der Waals surface area contributed by atoms with Gasteiger partial charge in [-0.05, 0) is 23.8 Å². The number of carbonyl (C=O) groups is 2. The predicted molar refractivity (Wildman–Crippen MR) is 116 cm³/mol. The Labute approximate surface area is 197 Å². The Hall–Kier alpha value is -3.97. The molecular formula is C23H17ClF3N3O4. The molecule has 11 heteroatoms. The second kappa shape index (κ2) is 9.49. The summed E-state index contributed by atoms with van der Waals surface area (Å²) in [5, 5.41) is 9.71. The molecule has 0 aromatic heterocycles. The van der Waals surface area contributed by atoms with Crippen LogP contribution in [0.4, 0.5) is 18.9 Å². The normalized spacial score (nSPS) is 16.3. The molecular weight excluding hydrogens is 475 g/mol. The molecule has 1 aliphatic heterocycles. The summed E-state index contributed by atoms with van der Waals surface area (Å²) in [5.41, 5.74) is 3.44. The number of nitrogens with two attached hydrogens (primary N) is 1. The lowest BCUT2D eigenvalue weighted by molar-refractivity contribution is -0.139. The summed E-state index contributed by atoms with van der Waals surface area (Å²) in [4.78, 5) is 26.5. The van der Waals surface area contributed by atoms with E-state index < -0.39 is 52.4 Å². The molecule has 7 nitrogen and oxygen atoms in total. The van der Waals surface area contributed by atoms with Crippen LogP contribution in [0.25, 0.3) is 0 Å². The quantitative estimate of drug-likeness (QED) is 0.637. The SMILES string of the molecule is COC(=O)C1=C(C(=O)OC)N(c2ccc(Cl)cc2C(F)(F)F)C(N)=C(C#N)C1c1ccccc1. The van der Waals surface area contributed by atoms with Crippen molar-refractivity contribution in [3.63, 3.8) is 0 Å². The number of hydrogen-bond donors (Lipinski definition) is 1. The molecule has 0 saturated carbocycles. The standard InChI is InChI=1S/C23H17ClF3N3O4/c1-33-21(31)18-17(12-6-4-3-5-7-12)14(11-28)20(29)30(19(18)22(32)34-2)16-9-8-13(24)10-15(16)23(25,26)27/h3-10,17H,29H2,1-2H3. The zero-order chi connectivity index (χ0) is 25.2. The summed E-state index contributed by atoms with van der Waals surface area (Å²) in [6.07, 6.45) is -4.92. The minimum absolute atomic E-state index is 0.227. The van der Waals surface area contributed by atoms with Gasteiger partial charge in [-0.3, -0.25) is 4.90 Å². The first kappa shape index (κ1) is 24.7. The molecule has 0 bridgehead atoms. The number of esters is 2. The van der Waals surface area contributed by atoms with Gasteiger partial charge in [-0.2, -0.15) is 18.4 Å². The third kappa shape index (κ3) is 4.30. The maximum atomic E-state index is 13.9. The molecule has 2 aromatic carbocycles. The first-order chi connectivity index (χ1) is 16.1. The van der Waals surface area contributed by atoms with Crippen LogP contribution in [0.5, 0.6) is 0 Å². The number of anilines is 1. The second-order valence-electron chi connectivity index (χ2n) is 6.99. The van der Waals surface area contributed by atoms with Gasteiger partial charge >= 0.3 is 18.1 Å². The van der Waals surface area contributed by atoms with Gasteiger partial charge in [0.1, 0.15) is 11.5 Å². The van der Waals surface area contributed by atoms with Crippen molar-refractivity contribution < 1.29 is 32.2 Å². The van der Waals surface area contributed by atoms with Crippen LogP contribution in [0, 0.1) is 11.3 Å². The van der Waals surface area contributed by atoms with Crippen molar-refractivity contribution in [1.82, 2.24) is 0 Å². The zero-order valence-corrected chi connectivity index (χ0v) is 18.6.